The summed E-state index contributed by atoms with van der Waals surface area (Å²) in [7, 11) is -3.71. The Morgan fingerprint density at radius 2 is 2.17 bits per heavy atom. The molecule has 6 nitrogen and oxygen atoms in total. The Kier molecular flexibility index (Phi) is 4.75. The summed E-state index contributed by atoms with van der Waals surface area (Å²) in [6, 6.07) is 9.69. The molecule has 126 valence electrons. The van der Waals surface area contributed by atoms with Crippen LogP contribution in [0.2, 0.25) is 5.02 Å². The first kappa shape index (κ1) is 16.8. The second-order valence-corrected chi connectivity index (χ2v) is 7.45. The SMILES string of the molecule is Cc1ccc(Cl)cc1S(=O)(=O)NCC(c1ccco1)n1cccn1. The summed E-state index contributed by atoms with van der Waals surface area (Å²) in [5, 5.41) is 4.55. The minimum Gasteiger partial charge on any atom is -0.467 e. The van der Waals surface area contributed by atoms with E-state index in [1.807, 2.05) is 0 Å². The summed E-state index contributed by atoms with van der Waals surface area (Å²) in [5.41, 5.74) is 0.625. The number of halogens is 1. The van der Waals surface area contributed by atoms with Gasteiger partial charge in [-0.15, -0.1) is 0 Å². The van der Waals surface area contributed by atoms with E-state index in [1.54, 1.807) is 60.6 Å². The average Bonchev–Trinajstić information content (AvgIpc) is 3.23. The minimum atomic E-state index is -3.71. The van der Waals surface area contributed by atoms with E-state index >= 15 is 0 Å². The smallest absolute Gasteiger partial charge is 0.240 e. The molecule has 0 spiro atoms. The molecule has 0 aliphatic heterocycles. The quantitative estimate of drug-likeness (QED) is 0.728. The number of nitrogens with one attached hydrogen (secondary N) is 1. The van der Waals surface area contributed by atoms with Crippen LogP contribution in [0, 0.1) is 6.92 Å². The lowest BCUT2D eigenvalue weighted by atomic mass is 10.2. The second kappa shape index (κ2) is 6.80. The number of hydrogen-bond donors (Lipinski definition) is 1. The molecule has 0 aliphatic carbocycles. The highest BCUT2D eigenvalue weighted by Gasteiger charge is 2.22. The molecular weight excluding hydrogens is 350 g/mol. The fourth-order valence-corrected chi connectivity index (χ4v) is 3.94. The van der Waals surface area contributed by atoms with Crippen LogP contribution in [0.1, 0.15) is 17.4 Å². The third kappa shape index (κ3) is 3.53. The van der Waals surface area contributed by atoms with Crippen molar-refractivity contribution in [2.24, 2.45) is 0 Å². The van der Waals surface area contributed by atoms with Gasteiger partial charge in [0.25, 0.3) is 0 Å². The molecular formula is C16H16ClN3O3S. The van der Waals surface area contributed by atoms with Crippen molar-refractivity contribution in [1.82, 2.24) is 14.5 Å². The number of nitrogens with zero attached hydrogens (tertiary/aromatic N) is 2. The molecule has 0 aliphatic rings. The molecule has 3 rings (SSSR count). The maximum atomic E-state index is 12.6. The summed E-state index contributed by atoms with van der Waals surface area (Å²) >= 11 is 5.93. The van der Waals surface area contributed by atoms with Gasteiger partial charge in [-0.25, -0.2) is 13.1 Å². The van der Waals surface area contributed by atoms with Gasteiger partial charge in [0.1, 0.15) is 11.8 Å². The maximum absolute atomic E-state index is 12.6. The number of aryl methyl sites for hydroxylation is 1. The highest BCUT2D eigenvalue weighted by Crippen LogP contribution is 2.22. The van der Waals surface area contributed by atoms with Crippen LogP contribution in [-0.4, -0.2) is 24.7 Å². The van der Waals surface area contributed by atoms with Crippen molar-refractivity contribution in [3.63, 3.8) is 0 Å². The highest BCUT2D eigenvalue weighted by atomic mass is 35.5. The van der Waals surface area contributed by atoms with Crippen molar-refractivity contribution < 1.29 is 12.8 Å². The van der Waals surface area contributed by atoms with Gasteiger partial charge in [0.15, 0.2) is 0 Å². The van der Waals surface area contributed by atoms with Crippen molar-refractivity contribution in [2.75, 3.05) is 6.54 Å². The molecule has 0 saturated heterocycles. The van der Waals surface area contributed by atoms with Gasteiger partial charge in [-0.3, -0.25) is 4.68 Å². The number of sulfonamides is 1. The number of aromatic nitrogens is 2. The molecule has 0 amide bonds. The van der Waals surface area contributed by atoms with Crippen LogP contribution in [0.15, 0.2) is 64.4 Å². The van der Waals surface area contributed by atoms with Gasteiger partial charge in [0.2, 0.25) is 10.0 Å². The minimum absolute atomic E-state index is 0.101. The molecule has 8 heteroatoms. The van der Waals surface area contributed by atoms with Gasteiger partial charge in [-0.05, 0) is 42.8 Å². The Balaban J connectivity index is 1.85. The van der Waals surface area contributed by atoms with E-state index < -0.39 is 10.0 Å². The Labute approximate surface area is 145 Å². The molecule has 3 aromatic rings. The van der Waals surface area contributed by atoms with Crippen LogP contribution < -0.4 is 4.72 Å². The Morgan fingerprint density at radius 1 is 1.33 bits per heavy atom. The summed E-state index contributed by atoms with van der Waals surface area (Å²) < 4.78 is 34.9. The fourth-order valence-electron chi connectivity index (χ4n) is 2.40. The topological polar surface area (TPSA) is 77.1 Å². The van der Waals surface area contributed by atoms with Gasteiger partial charge >= 0.3 is 0 Å². The summed E-state index contributed by atoms with van der Waals surface area (Å²) in [4.78, 5) is 0.161. The first-order valence-electron chi connectivity index (χ1n) is 7.26. The summed E-state index contributed by atoms with van der Waals surface area (Å²) in [6.07, 6.45) is 4.93. The fraction of sp³-hybridized carbons (Fsp3) is 0.188. The Bertz CT molecular complexity index is 872. The van der Waals surface area contributed by atoms with Crippen LogP contribution in [0.4, 0.5) is 0 Å². The van der Waals surface area contributed by atoms with E-state index in [0.717, 1.165) is 0 Å². The summed E-state index contributed by atoms with van der Waals surface area (Å²) in [5.74, 6) is 0.615. The number of furan rings is 1. The third-order valence-electron chi connectivity index (χ3n) is 3.62. The van der Waals surface area contributed by atoms with E-state index in [-0.39, 0.29) is 17.5 Å². The largest absolute Gasteiger partial charge is 0.467 e. The van der Waals surface area contributed by atoms with Crippen LogP contribution in [0.5, 0.6) is 0 Å². The average molecular weight is 366 g/mol. The molecule has 1 aromatic carbocycles. The zero-order valence-electron chi connectivity index (χ0n) is 12.9. The lowest BCUT2D eigenvalue weighted by Gasteiger charge is -2.17. The van der Waals surface area contributed by atoms with E-state index in [2.05, 4.69) is 9.82 Å². The van der Waals surface area contributed by atoms with Crippen LogP contribution >= 0.6 is 11.6 Å². The van der Waals surface area contributed by atoms with Crippen LogP contribution in [0.25, 0.3) is 0 Å². The number of hydrogen-bond acceptors (Lipinski definition) is 4. The van der Waals surface area contributed by atoms with Crippen molar-refractivity contribution in [1.29, 1.82) is 0 Å². The van der Waals surface area contributed by atoms with E-state index in [9.17, 15) is 8.42 Å². The van der Waals surface area contributed by atoms with Gasteiger partial charge in [-0.1, -0.05) is 17.7 Å². The highest BCUT2D eigenvalue weighted by molar-refractivity contribution is 7.89. The Hall–Kier alpha value is -2.09. The molecule has 1 N–H and O–H groups in total. The molecule has 2 heterocycles. The second-order valence-electron chi connectivity index (χ2n) is 5.28. The van der Waals surface area contributed by atoms with Crippen molar-refractivity contribution in [3.05, 3.63) is 71.4 Å². The first-order valence-corrected chi connectivity index (χ1v) is 9.12. The lowest BCUT2D eigenvalue weighted by molar-refractivity contribution is 0.402. The molecule has 0 bridgehead atoms. The van der Waals surface area contributed by atoms with Gasteiger partial charge in [0.05, 0.1) is 11.2 Å². The lowest BCUT2D eigenvalue weighted by Crippen LogP contribution is -2.31. The van der Waals surface area contributed by atoms with E-state index in [4.69, 9.17) is 16.0 Å². The van der Waals surface area contributed by atoms with Crippen molar-refractivity contribution >= 4 is 21.6 Å². The van der Waals surface area contributed by atoms with Crippen LogP contribution in [-0.2, 0) is 10.0 Å². The molecule has 1 unspecified atom stereocenters. The van der Waals surface area contributed by atoms with Crippen molar-refractivity contribution in [2.45, 2.75) is 17.9 Å². The molecule has 2 aromatic heterocycles. The third-order valence-corrected chi connectivity index (χ3v) is 5.42. The molecule has 0 saturated carbocycles. The normalized spacial score (nSPS) is 13.1. The molecule has 0 fully saturated rings. The summed E-state index contributed by atoms with van der Waals surface area (Å²) in [6.45, 7) is 1.83. The monoisotopic (exact) mass is 365 g/mol. The molecule has 24 heavy (non-hydrogen) atoms. The van der Waals surface area contributed by atoms with E-state index in [1.165, 1.54) is 6.07 Å². The van der Waals surface area contributed by atoms with Gasteiger partial charge < -0.3 is 4.42 Å². The first-order chi connectivity index (χ1) is 11.5. The predicted octanol–water partition coefficient (Wildman–Crippen LogP) is 3.01. The molecule has 1 atom stereocenters. The predicted molar refractivity (Wildman–Crippen MR) is 90.5 cm³/mol. The van der Waals surface area contributed by atoms with Crippen molar-refractivity contribution in [3.8, 4) is 0 Å². The van der Waals surface area contributed by atoms with Gasteiger partial charge in [0, 0.05) is 24.0 Å². The maximum Gasteiger partial charge on any atom is 0.240 e. The zero-order chi connectivity index (χ0) is 17.2. The number of rotatable bonds is 6. The number of benzene rings is 1. The molecule has 0 radical (unpaired) electrons. The Morgan fingerprint density at radius 3 is 2.83 bits per heavy atom. The standard InChI is InChI=1S/C16H16ClN3O3S/c1-12-5-6-13(17)10-16(12)24(21,22)19-11-14(15-4-2-9-23-15)20-8-3-7-18-20/h2-10,14,19H,11H2,1H3. The van der Waals surface area contributed by atoms with E-state index in [0.29, 0.717) is 16.3 Å². The zero-order valence-corrected chi connectivity index (χ0v) is 14.5. The van der Waals surface area contributed by atoms with Crippen LogP contribution in [0.3, 0.4) is 0 Å². The van der Waals surface area contributed by atoms with Gasteiger partial charge in [-0.2, -0.15) is 5.10 Å².